The summed E-state index contributed by atoms with van der Waals surface area (Å²) in [5.41, 5.74) is 0. The number of thiophene rings is 1. The molecular weight excluding hydrogens is 306 g/mol. The van der Waals surface area contributed by atoms with Gasteiger partial charge in [-0.05, 0) is 26.0 Å². The van der Waals surface area contributed by atoms with E-state index in [1.54, 1.807) is 13.8 Å². The zero-order valence-corrected chi connectivity index (χ0v) is 13.1. The molecule has 0 spiro atoms. The molecule has 0 aliphatic rings. The van der Waals surface area contributed by atoms with E-state index in [9.17, 15) is 9.59 Å². The topological polar surface area (TPSA) is 66.4 Å². The van der Waals surface area contributed by atoms with Crippen LogP contribution in [0, 0.1) is 5.92 Å². The van der Waals surface area contributed by atoms with Gasteiger partial charge in [0.2, 0.25) is 5.91 Å². The highest BCUT2D eigenvalue weighted by atomic mass is 35.5. The number of thioether (sulfide) groups is 1. The van der Waals surface area contributed by atoms with E-state index >= 15 is 0 Å². The molecule has 106 valence electrons. The minimum absolute atomic E-state index is 0.145. The maximum Gasteiger partial charge on any atom is 0.308 e. The van der Waals surface area contributed by atoms with Crippen molar-refractivity contribution in [3.05, 3.63) is 21.3 Å². The third-order valence-corrected chi connectivity index (χ3v) is 5.03. The number of nitrogens with one attached hydrogen (secondary N) is 1. The lowest BCUT2D eigenvalue weighted by Gasteiger charge is -2.17. The Bertz CT molecular complexity index is 450. The Hall–Kier alpha value is -0.720. The molecule has 0 aliphatic heterocycles. The molecule has 1 heterocycles. The molecule has 19 heavy (non-hydrogen) atoms. The van der Waals surface area contributed by atoms with E-state index in [1.807, 2.05) is 12.1 Å². The summed E-state index contributed by atoms with van der Waals surface area (Å²) in [6.07, 6.45) is 0. The number of carboxylic acid groups (broad SMARTS) is 1. The van der Waals surface area contributed by atoms with Crippen LogP contribution in [0.25, 0.3) is 0 Å². The second-order valence-corrected chi connectivity index (χ2v) is 6.97. The highest BCUT2D eigenvalue weighted by molar-refractivity contribution is 7.99. The lowest BCUT2D eigenvalue weighted by Crippen LogP contribution is -2.40. The lowest BCUT2D eigenvalue weighted by molar-refractivity contribution is -0.142. The second-order valence-electron chi connectivity index (χ2n) is 4.18. The lowest BCUT2D eigenvalue weighted by atomic mass is 10.0. The summed E-state index contributed by atoms with van der Waals surface area (Å²) < 4.78 is 0.740. The zero-order chi connectivity index (χ0) is 14.4. The predicted octanol–water partition coefficient (Wildman–Crippen LogP) is 2.86. The van der Waals surface area contributed by atoms with E-state index in [2.05, 4.69) is 5.32 Å². The molecule has 2 unspecified atom stereocenters. The number of amides is 1. The molecule has 1 rings (SSSR count). The number of carboxylic acids is 1. The first-order valence-corrected chi connectivity index (χ1v) is 8.09. The molecule has 0 radical (unpaired) electrons. The molecule has 2 atom stereocenters. The van der Waals surface area contributed by atoms with Crippen LogP contribution in [0.4, 0.5) is 0 Å². The molecule has 1 amide bonds. The second kappa shape index (κ2) is 7.77. The molecule has 0 fully saturated rings. The monoisotopic (exact) mass is 321 g/mol. The van der Waals surface area contributed by atoms with Gasteiger partial charge in [-0.25, -0.2) is 0 Å². The Morgan fingerprint density at radius 3 is 2.68 bits per heavy atom. The standard InChI is InChI=1S/C12H16ClNO3S2/c1-7(12(16)17)8(2)14-11(15)6-18-5-9-3-4-10(13)19-9/h3-4,7-8H,5-6H2,1-2H3,(H,14,15)(H,16,17). The fourth-order valence-electron chi connectivity index (χ4n) is 1.31. The van der Waals surface area contributed by atoms with Crippen molar-refractivity contribution in [2.24, 2.45) is 5.92 Å². The van der Waals surface area contributed by atoms with Crippen LogP contribution in [0.1, 0.15) is 18.7 Å². The third-order valence-electron chi connectivity index (χ3n) is 2.63. The molecule has 0 aliphatic carbocycles. The van der Waals surface area contributed by atoms with E-state index < -0.39 is 11.9 Å². The Labute approximate surface area is 125 Å². The Kier molecular flexibility index (Phi) is 6.68. The van der Waals surface area contributed by atoms with Crippen molar-refractivity contribution in [3.8, 4) is 0 Å². The van der Waals surface area contributed by atoms with E-state index in [4.69, 9.17) is 16.7 Å². The van der Waals surface area contributed by atoms with Crippen molar-refractivity contribution in [2.45, 2.75) is 25.6 Å². The molecule has 7 heteroatoms. The average molecular weight is 322 g/mol. The molecule has 2 N–H and O–H groups in total. The summed E-state index contributed by atoms with van der Waals surface area (Å²) in [5.74, 6) is -0.605. The first kappa shape index (κ1) is 16.3. The number of rotatable bonds is 7. The minimum Gasteiger partial charge on any atom is -0.481 e. The zero-order valence-electron chi connectivity index (χ0n) is 10.7. The van der Waals surface area contributed by atoms with Gasteiger partial charge < -0.3 is 10.4 Å². The first-order valence-electron chi connectivity index (χ1n) is 5.74. The molecule has 1 aromatic heterocycles. The van der Waals surface area contributed by atoms with Gasteiger partial charge in [-0.1, -0.05) is 11.6 Å². The highest BCUT2D eigenvalue weighted by Gasteiger charge is 2.20. The number of halogens is 1. The summed E-state index contributed by atoms with van der Waals surface area (Å²) in [4.78, 5) is 23.5. The van der Waals surface area contributed by atoms with Crippen LogP contribution in [0.3, 0.4) is 0 Å². The van der Waals surface area contributed by atoms with Gasteiger partial charge in [-0.2, -0.15) is 0 Å². The van der Waals surface area contributed by atoms with Gasteiger partial charge in [-0.15, -0.1) is 23.1 Å². The quantitative estimate of drug-likeness (QED) is 0.810. The van der Waals surface area contributed by atoms with Crippen molar-refractivity contribution in [1.82, 2.24) is 5.32 Å². The third kappa shape index (κ3) is 5.84. The number of hydrogen-bond acceptors (Lipinski definition) is 4. The normalized spacial score (nSPS) is 13.8. The average Bonchev–Trinajstić information content (AvgIpc) is 2.73. The van der Waals surface area contributed by atoms with Gasteiger partial charge >= 0.3 is 5.97 Å². The van der Waals surface area contributed by atoms with Gasteiger partial charge in [0.1, 0.15) is 0 Å². The van der Waals surface area contributed by atoms with Crippen LogP contribution in [-0.4, -0.2) is 28.8 Å². The van der Waals surface area contributed by atoms with E-state index in [0.29, 0.717) is 5.75 Å². The van der Waals surface area contributed by atoms with Gasteiger partial charge in [0.05, 0.1) is 16.0 Å². The van der Waals surface area contributed by atoms with E-state index in [-0.39, 0.29) is 11.9 Å². The number of carbonyl (C=O) groups excluding carboxylic acids is 1. The Balaban J connectivity index is 2.26. The summed E-state index contributed by atoms with van der Waals surface area (Å²) in [7, 11) is 0. The largest absolute Gasteiger partial charge is 0.481 e. The molecule has 4 nitrogen and oxygen atoms in total. The fraction of sp³-hybridized carbons (Fsp3) is 0.500. The van der Waals surface area contributed by atoms with E-state index in [0.717, 1.165) is 15.0 Å². The van der Waals surface area contributed by atoms with Crippen LogP contribution in [0.5, 0.6) is 0 Å². The number of carbonyl (C=O) groups is 2. The molecular formula is C12H16ClNO3S2. The predicted molar refractivity (Wildman–Crippen MR) is 79.9 cm³/mol. The minimum atomic E-state index is -0.909. The van der Waals surface area contributed by atoms with Crippen LogP contribution in [0.2, 0.25) is 4.34 Å². The van der Waals surface area contributed by atoms with Crippen molar-refractivity contribution in [3.63, 3.8) is 0 Å². The summed E-state index contributed by atoms with van der Waals surface area (Å²) in [6.45, 7) is 3.27. The summed E-state index contributed by atoms with van der Waals surface area (Å²) in [5, 5.41) is 11.5. The SMILES string of the molecule is CC(NC(=O)CSCc1ccc(Cl)s1)C(C)C(=O)O. The smallest absolute Gasteiger partial charge is 0.308 e. The Morgan fingerprint density at radius 2 is 2.16 bits per heavy atom. The van der Waals surface area contributed by atoms with Gasteiger partial charge in [0, 0.05) is 16.7 Å². The van der Waals surface area contributed by atoms with Crippen molar-refractivity contribution >= 4 is 46.6 Å². The number of aliphatic carboxylic acids is 1. The maximum absolute atomic E-state index is 11.6. The van der Waals surface area contributed by atoms with Crippen LogP contribution in [-0.2, 0) is 15.3 Å². The molecule has 0 saturated carbocycles. The van der Waals surface area contributed by atoms with Crippen LogP contribution in [0.15, 0.2) is 12.1 Å². The Morgan fingerprint density at radius 1 is 1.47 bits per heavy atom. The van der Waals surface area contributed by atoms with Crippen molar-refractivity contribution in [1.29, 1.82) is 0 Å². The van der Waals surface area contributed by atoms with Crippen molar-refractivity contribution < 1.29 is 14.7 Å². The number of hydrogen-bond donors (Lipinski definition) is 2. The van der Waals surface area contributed by atoms with Gasteiger partial charge in [-0.3, -0.25) is 9.59 Å². The highest BCUT2D eigenvalue weighted by Crippen LogP contribution is 2.25. The van der Waals surface area contributed by atoms with Gasteiger partial charge in [0.25, 0.3) is 0 Å². The summed E-state index contributed by atoms with van der Waals surface area (Å²) in [6, 6.07) is 3.40. The fourth-order valence-corrected chi connectivity index (χ4v) is 3.34. The van der Waals surface area contributed by atoms with E-state index in [1.165, 1.54) is 23.1 Å². The maximum atomic E-state index is 11.6. The van der Waals surface area contributed by atoms with Crippen LogP contribution >= 0.6 is 34.7 Å². The molecule has 1 aromatic rings. The van der Waals surface area contributed by atoms with Gasteiger partial charge in [0.15, 0.2) is 0 Å². The van der Waals surface area contributed by atoms with Crippen molar-refractivity contribution in [2.75, 3.05) is 5.75 Å². The molecule has 0 aromatic carbocycles. The molecule has 0 saturated heterocycles. The molecule has 0 bridgehead atoms. The summed E-state index contributed by atoms with van der Waals surface area (Å²) >= 11 is 8.79. The first-order chi connectivity index (χ1) is 8.90. The van der Waals surface area contributed by atoms with Crippen LogP contribution < -0.4 is 5.32 Å².